The van der Waals surface area contributed by atoms with E-state index in [1.54, 1.807) is 18.4 Å². The molecule has 3 aromatic rings. The first kappa shape index (κ1) is 18.6. The summed E-state index contributed by atoms with van der Waals surface area (Å²) in [4.78, 5) is 14.7. The highest BCUT2D eigenvalue weighted by molar-refractivity contribution is 7.08. The Hall–Kier alpha value is -2.79. The van der Waals surface area contributed by atoms with E-state index in [2.05, 4.69) is 37.3 Å². The van der Waals surface area contributed by atoms with E-state index in [0.717, 1.165) is 28.0 Å². The lowest BCUT2D eigenvalue weighted by molar-refractivity contribution is -0.131. The summed E-state index contributed by atoms with van der Waals surface area (Å²) in [7, 11) is 1.66. The fourth-order valence-electron chi connectivity index (χ4n) is 3.44. The number of amides is 1. The van der Waals surface area contributed by atoms with Crippen molar-refractivity contribution in [1.82, 2.24) is 4.90 Å². The van der Waals surface area contributed by atoms with Crippen LogP contribution in [0.4, 0.5) is 0 Å². The molecule has 0 aliphatic carbocycles. The Labute approximate surface area is 169 Å². The minimum absolute atomic E-state index is 0.120. The first-order valence-electron chi connectivity index (χ1n) is 9.33. The van der Waals surface area contributed by atoms with Gasteiger partial charge in [-0.3, -0.25) is 4.79 Å². The van der Waals surface area contributed by atoms with Crippen molar-refractivity contribution in [1.29, 1.82) is 0 Å². The summed E-state index contributed by atoms with van der Waals surface area (Å²) in [5.74, 6) is 1.57. The van der Waals surface area contributed by atoms with Crippen LogP contribution in [0.3, 0.4) is 0 Å². The predicted octanol–water partition coefficient (Wildman–Crippen LogP) is 4.70. The molecule has 2 heterocycles. The minimum Gasteiger partial charge on any atom is -0.493 e. The topological polar surface area (TPSA) is 38.8 Å². The number of carbonyl (C=O) groups is 1. The Morgan fingerprint density at radius 1 is 1.18 bits per heavy atom. The van der Waals surface area contributed by atoms with Crippen molar-refractivity contribution in [3.8, 4) is 22.6 Å². The fraction of sp³-hybridized carbons (Fsp3) is 0.261. The van der Waals surface area contributed by atoms with Gasteiger partial charge >= 0.3 is 0 Å². The number of fused-ring (bicyclic) bond motifs is 1. The first-order chi connectivity index (χ1) is 13.6. The van der Waals surface area contributed by atoms with E-state index in [1.807, 2.05) is 27.8 Å². The molecule has 4 nitrogen and oxygen atoms in total. The Morgan fingerprint density at radius 3 is 2.71 bits per heavy atom. The van der Waals surface area contributed by atoms with Gasteiger partial charge in [0.15, 0.2) is 11.5 Å². The Bertz CT molecular complexity index is 964. The van der Waals surface area contributed by atoms with E-state index in [9.17, 15) is 4.79 Å². The van der Waals surface area contributed by atoms with Crippen molar-refractivity contribution < 1.29 is 14.3 Å². The van der Waals surface area contributed by atoms with Gasteiger partial charge in [0.05, 0.1) is 20.1 Å². The van der Waals surface area contributed by atoms with E-state index in [1.165, 1.54) is 5.56 Å². The number of ether oxygens (including phenoxy) is 2. The predicted molar refractivity (Wildman–Crippen MR) is 112 cm³/mol. The zero-order valence-electron chi connectivity index (χ0n) is 16.1. The minimum atomic E-state index is 0.120. The SMILES string of the molecule is COc1cc(-c2ccc(C)cc2)cc2c1OCCN(C(=O)Cc1ccsc1)C2. The zero-order chi connectivity index (χ0) is 19.5. The van der Waals surface area contributed by atoms with Crippen molar-refractivity contribution in [2.45, 2.75) is 19.9 Å². The molecule has 5 heteroatoms. The van der Waals surface area contributed by atoms with Gasteiger partial charge in [-0.05, 0) is 52.6 Å². The molecule has 0 radical (unpaired) electrons. The van der Waals surface area contributed by atoms with Crippen LogP contribution in [0.15, 0.2) is 53.2 Å². The van der Waals surface area contributed by atoms with Crippen molar-refractivity contribution in [3.05, 3.63) is 69.9 Å². The van der Waals surface area contributed by atoms with Crippen LogP contribution in [0.2, 0.25) is 0 Å². The van der Waals surface area contributed by atoms with Gasteiger partial charge < -0.3 is 14.4 Å². The normalized spacial score (nSPS) is 13.4. The van der Waals surface area contributed by atoms with Gasteiger partial charge in [0.25, 0.3) is 0 Å². The van der Waals surface area contributed by atoms with E-state index in [-0.39, 0.29) is 5.91 Å². The highest BCUT2D eigenvalue weighted by Gasteiger charge is 2.23. The second-order valence-electron chi connectivity index (χ2n) is 7.00. The first-order valence-corrected chi connectivity index (χ1v) is 10.3. The molecule has 0 atom stereocenters. The molecule has 4 rings (SSSR count). The molecule has 0 saturated heterocycles. The molecular weight excluding hydrogens is 370 g/mol. The highest BCUT2D eigenvalue weighted by Crippen LogP contribution is 2.38. The molecule has 0 bridgehead atoms. The monoisotopic (exact) mass is 393 g/mol. The molecule has 2 aromatic carbocycles. The summed E-state index contributed by atoms with van der Waals surface area (Å²) in [6, 6.07) is 14.5. The third-order valence-corrected chi connectivity index (χ3v) is 5.73. The Balaban J connectivity index is 1.65. The Morgan fingerprint density at radius 2 is 2.00 bits per heavy atom. The zero-order valence-corrected chi connectivity index (χ0v) is 16.9. The molecule has 1 amide bonds. The van der Waals surface area contributed by atoms with Gasteiger partial charge in [-0.25, -0.2) is 0 Å². The quantitative estimate of drug-likeness (QED) is 0.645. The molecule has 0 N–H and O–H groups in total. The van der Waals surface area contributed by atoms with Gasteiger partial charge in [-0.15, -0.1) is 0 Å². The summed E-state index contributed by atoms with van der Waals surface area (Å²) >= 11 is 1.61. The lowest BCUT2D eigenvalue weighted by atomic mass is 10.0. The average Bonchev–Trinajstić information content (AvgIpc) is 3.11. The molecule has 1 aromatic heterocycles. The number of carbonyl (C=O) groups excluding carboxylic acids is 1. The highest BCUT2D eigenvalue weighted by atomic mass is 32.1. The number of aryl methyl sites for hydroxylation is 1. The van der Waals surface area contributed by atoms with Gasteiger partial charge in [-0.2, -0.15) is 11.3 Å². The van der Waals surface area contributed by atoms with Gasteiger partial charge in [0, 0.05) is 12.1 Å². The molecule has 1 aliphatic heterocycles. The van der Waals surface area contributed by atoms with Crippen LogP contribution < -0.4 is 9.47 Å². The molecule has 28 heavy (non-hydrogen) atoms. The molecule has 0 saturated carbocycles. The number of methoxy groups -OCH3 is 1. The number of thiophene rings is 1. The summed E-state index contributed by atoms with van der Waals surface area (Å²) in [6.07, 6.45) is 0.424. The maximum absolute atomic E-state index is 12.8. The number of rotatable bonds is 4. The van der Waals surface area contributed by atoms with E-state index >= 15 is 0 Å². The smallest absolute Gasteiger partial charge is 0.227 e. The van der Waals surface area contributed by atoms with Gasteiger partial charge in [0.2, 0.25) is 5.91 Å². The van der Waals surface area contributed by atoms with Crippen LogP contribution in [0.5, 0.6) is 11.5 Å². The van der Waals surface area contributed by atoms with E-state index in [4.69, 9.17) is 9.47 Å². The second-order valence-corrected chi connectivity index (χ2v) is 7.78. The number of hydrogen-bond acceptors (Lipinski definition) is 4. The average molecular weight is 394 g/mol. The summed E-state index contributed by atoms with van der Waals surface area (Å²) < 4.78 is 11.6. The van der Waals surface area contributed by atoms with Crippen LogP contribution in [0.25, 0.3) is 11.1 Å². The number of benzene rings is 2. The molecule has 1 aliphatic rings. The van der Waals surface area contributed by atoms with Crippen molar-refractivity contribution >= 4 is 17.2 Å². The van der Waals surface area contributed by atoms with Crippen LogP contribution in [-0.2, 0) is 17.8 Å². The molecule has 0 unspecified atom stereocenters. The standard InChI is InChI=1S/C23H23NO3S/c1-16-3-5-18(6-4-16)19-12-20-14-24(22(25)11-17-7-10-28-15-17)8-9-27-23(20)21(13-19)26-2/h3-7,10,12-13,15H,8-9,11,14H2,1-2H3. The lowest BCUT2D eigenvalue weighted by Crippen LogP contribution is -2.33. The maximum Gasteiger partial charge on any atom is 0.227 e. The summed E-state index contributed by atoms with van der Waals surface area (Å²) in [6.45, 7) is 3.63. The van der Waals surface area contributed by atoms with Crippen molar-refractivity contribution in [3.63, 3.8) is 0 Å². The van der Waals surface area contributed by atoms with E-state index < -0.39 is 0 Å². The van der Waals surface area contributed by atoms with Gasteiger partial charge in [0.1, 0.15) is 6.61 Å². The molecule has 0 spiro atoms. The fourth-order valence-corrected chi connectivity index (χ4v) is 4.11. The van der Waals surface area contributed by atoms with Crippen molar-refractivity contribution in [2.75, 3.05) is 20.3 Å². The number of hydrogen-bond donors (Lipinski definition) is 0. The van der Waals surface area contributed by atoms with Crippen LogP contribution in [0, 0.1) is 6.92 Å². The largest absolute Gasteiger partial charge is 0.493 e. The lowest BCUT2D eigenvalue weighted by Gasteiger charge is -2.20. The van der Waals surface area contributed by atoms with E-state index in [0.29, 0.717) is 31.9 Å². The van der Waals surface area contributed by atoms with Crippen LogP contribution in [-0.4, -0.2) is 31.1 Å². The Kier molecular flexibility index (Phi) is 5.35. The third-order valence-electron chi connectivity index (χ3n) is 4.99. The summed E-state index contributed by atoms with van der Waals surface area (Å²) in [5, 5.41) is 4.03. The molecule has 0 fully saturated rings. The van der Waals surface area contributed by atoms with Crippen molar-refractivity contribution in [2.24, 2.45) is 0 Å². The summed E-state index contributed by atoms with van der Waals surface area (Å²) in [5.41, 5.74) is 5.44. The van der Waals surface area contributed by atoms with Crippen LogP contribution in [0.1, 0.15) is 16.7 Å². The molecule has 144 valence electrons. The molecular formula is C23H23NO3S. The number of nitrogens with zero attached hydrogens (tertiary/aromatic N) is 1. The maximum atomic E-state index is 12.8. The second kappa shape index (κ2) is 8.07. The van der Waals surface area contributed by atoms with Gasteiger partial charge in [-0.1, -0.05) is 29.8 Å². The third kappa shape index (κ3) is 3.90. The van der Waals surface area contributed by atoms with Crippen LogP contribution >= 0.6 is 11.3 Å².